The first-order valence-electron chi connectivity index (χ1n) is 5.70. The normalized spacial score (nSPS) is 10.8. The molecule has 0 saturated heterocycles. The lowest BCUT2D eigenvalue weighted by molar-refractivity contribution is 0.868. The Kier molecular flexibility index (Phi) is 3.04. The van der Waals surface area contributed by atoms with E-state index in [0.29, 0.717) is 5.92 Å². The van der Waals surface area contributed by atoms with Gasteiger partial charge >= 0.3 is 0 Å². The number of aromatic nitrogens is 1. The van der Waals surface area contributed by atoms with Gasteiger partial charge in [-0.05, 0) is 36.1 Å². The molecule has 0 radical (unpaired) electrons. The van der Waals surface area contributed by atoms with Crippen LogP contribution in [0.1, 0.15) is 30.9 Å². The summed E-state index contributed by atoms with van der Waals surface area (Å²) in [5, 5.41) is 0. The van der Waals surface area contributed by atoms with Crippen LogP contribution in [-0.2, 0) is 0 Å². The highest BCUT2D eigenvalue weighted by atomic mass is 14.7. The van der Waals surface area contributed by atoms with E-state index in [1.807, 2.05) is 12.3 Å². The van der Waals surface area contributed by atoms with E-state index in [2.05, 4.69) is 56.1 Å². The summed E-state index contributed by atoms with van der Waals surface area (Å²) in [6, 6.07) is 12.7. The first-order valence-corrected chi connectivity index (χ1v) is 5.70. The zero-order chi connectivity index (χ0) is 11.5. The smallest absolute Gasteiger partial charge is 0.0707 e. The Morgan fingerprint density at radius 1 is 1.06 bits per heavy atom. The SMILES string of the molecule is Cc1ccnc(-c2ccccc2C(C)C)c1. The molecule has 0 aliphatic heterocycles. The van der Waals surface area contributed by atoms with Crippen LogP contribution in [-0.4, -0.2) is 4.98 Å². The van der Waals surface area contributed by atoms with E-state index in [-0.39, 0.29) is 0 Å². The van der Waals surface area contributed by atoms with Crippen LogP contribution in [0.15, 0.2) is 42.6 Å². The second-order valence-electron chi connectivity index (χ2n) is 4.46. The van der Waals surface area contributed by atoms with Crippen molar-refractivity contribution in [3.05, 3.63) is 53.7 Å². The summed E-state index contributed by atoms with van der Waals surface area (Å²) in [6.45, 7) is 6.53. The number of hydrogen-bond donors (Lipinski definition) is 0. The largest absolute Gasteiger partial charge is 0.256 e. The lowest BCUT2D eigenvalue weighted by Crippen LogP contribution is -1.93. The standard InChI is InChI=1S/C15H17N/c1-11(2)13-6-4-5-7-14(13)15-10-12(3)8-9-16-15/h4-11H,1-3H3. The molecule has 82 valence electrons. The molecule has 0 N–H and O–H groups in total. The monoisotopic (exact) mass is 211 g/mol. The fourth-order valence-corrected chi connectivity index (χ4v) is 1.92. The molecule has 0 fully saturated rings. The van der Waals surface area contributed by atoms with Gasteiger partial charge in [-0.1, -0.05) is 38.1 Å². The molecule has 1 aromatic carbocycles. The molecule has 16 heavy (non-hydrogen) atoms. The van der Waals surface area contributed by atoms with Crippen LogP contribution in [0, 0.1) is 6.92 Å². The van der Waals surface area contributed by atoms with Crippen molar-refractivity contribution in [3.63, 3.8) is 0 Å². The lowest BCUT2D eigenvalue weighted by atomic mass is 9.95. The molecule has 0 aliphatic carbocycles. The van der Waals surface area contributed by atoms with Crippen molar-refractivity contribution in [2.45, 2.75) is 26.7 Å². The molecular formula is C15H17N. The van der Waals surface area contributed by atoms with E-state index < -0.39 is 0 Å². The first-order chi connectivity index (χ1) is 7.68. The van der Waals surface area contributed by atoms with Gasteiger partial charge in [0.05, 0.1) is 5.69 Å². The van der Waals surface area contributed by atoms with Crippen molar-refractivity contribution < 1.29 is 0 Å². The van der Waals surface area contributed by atoms with Crippen LogP contribution in [0.5, 0.6) is 0 Å². The van der Waals surface area contributed by atoms with Gasteiger partial charge in [0.25, 0.3) is 0 Å². The Morgan fingerprint density at radius 3 is 2.50 bits per heavy atom. The lowest BCUT2D eigenvalue weighted by Gasteiger charge is -2.12. The Morgan fingerprint density at radius 2 is 1.81 bits per heavy atom. The van der Waals surface area contributed by atoms with Crippen LogP contribution in [0.4, 0.5) is 0 Å². The van der Waals surface area contributed by atoms with E-state index in [1.165, 1.54) is 16.7 Å². The van der Waals surface area contributed by atoms with Gasteiger partial charge in [0, 0.05) is 11.8 Å². The van der Waals surface area contributed by atoms with Crippen LogP contribution in [0.3, 0.4) is 0 Å². The second-order valence-corrected chi connectivity index (χ2v) is 4.46. The summed E-state index contributed by atoms with van der Waals surface area (Å²) in [5.74, 6) is 0.526. The van der Waals surface area contributed by atoms with Crippen molar-refractivity contribution in [1.29, 1.82) is 0 Å². The number of hydrogen-bond acceptors (Lipinski definition) is 1. The fourth-order valence-electron chi connectivity index (χ4n) is 1.92. The van der Waals surface area contributed by atoms with Gasteiger partial charge < -0.3 is 0 Å². The van der Waals surface area contributed by atoms with E-state index >= 15 is 0 Å². The van der Waals surface area contributed by atoms with Crippen molar-refractivity contribution in [2.24, 2.45) is 0 Å². The molecule has 1 heterocycles. The molecule has 1 nitrogen and oxygen atoms in total. The number of pyridine rings is 1. The molecule has 1 heteroatoms. The first kappa shape index (κ1) is 10.9. The second kappa shape index (κ2) is 4.48. The average Bonchev–Trinajstić information content (AvgIpc) is 2.29. The summed E-state index contributed by atoms with van der Waals surface area (Å²) in [7, 11) is 0. The topological polar surface area (TPSA) is 12.9 Å². The van der Waals surface area contributed by atoms with Crippen LogP contribution in [0.25, 0.3) is 11.3 Å². The Hall–Kier alpha value is -1.63. The molecule has 0 bridgehead atoms. The maximum absolute atomic E-state index is 4.45. The van der Waals surface area contributed by atoms with Gasteiger partial charge in [-0.25, -0.2) is 0 Å². The maximum atomic E-state index is 4.45. The van der Waals surface area contributed by atoms with Gasteiger partial charge in [0.15, 0.2) is 0 Å². The predicted octanol–water partition coefficient (Wildman–Crippen LogP) is 4.18. The van der Waals surface area contributed by atoms with E-state index in [4.69, 9.17) is 0 Å². The van der Waals surface area contributed by atoms with Crippen LogP contribution >= 0.6 is 0 Å². The van der Waals surface area contributed by atoms with Gasteiger partial charge in [0.2, 0.25) is 0 Å². The average molecular weight is 211 g/mol. The minimum absolute atomic E-state index is 0.526. The molecule has 2 rings (SSSR count). The molecule has 0 unspecified atom stereocenters. The van der Waals surface area contributed by atoms with E-state index in [0.717, 1.165) is 5.69 Å². The summed E-state index contributed by atoms with van der Waals surface area (Å²) in [6.07, 6.45) is 1.88. The summed E-state index contributed by atoms with van der Waals surface area (Å²) >= 11 is 0. The highest BCUT2D eigenvalue weighted by Crippen LogP contribution is 2.27. The number of benzene rings is 1. The van der Waals surface area contributed by atoms with Crippen molar-refractivity contribution in [2.75, 3.05) is 0 Å². The molecule has 0 amide bonds. The third kappa shape index (κ3) is 2.13. The minimum atomic E-state index is 0.526. The molecule has 2 aromatic rings. The molecule has 0 spiro atoms. The Bertz CT molecular complexity index is 486. The van der Waals surface area contributed by atoms with Gasteiger partial charge in [0.1, 0.15) is 0 Å². The van der Waals surface area contributed by atoms with Crippen molar-refractivity contribution in [1.82, 2.24) is 4.98 Å². The quantitative estimate of drug-likeness (QED) is 0.726. The maximum Gasteiger partial charge on any atom is 0.0707 e. The van der Waals surface area contributed by atoms with Crippen LogP contribution in [0.2, 0.25) is 0 Å². The van der Waals surface area contributed by atoms with Gasteiger partial charge in [-0.2, -0.15) is 0 Å². The van der Waals surface area contributed by atoms with E-state index in [1.54, 1.807) is 0 Å². The number of rotatable bonds is 2. The van der Waals surface area contributed by atoms with Crippen LogP contribution < -0.4 is 0 Å². The molecule has 0 aliphatic rings. The summed E-state index contributed by atoms with van der Waals surface area (Å²) in [5.41, 5.74) is 4.94. The fraction of sp³-hybridized carbons (Fsp3) is 0.267. The zero-order valence-corrected chi connectivity index (χ0v) is 10.1. The molecule has 1 aromatic heterocycles. The van der Waals surface area contributed by atoms with Crippen molar-refractivity contribution in [3.8, 4) is 11.3 Å². The molecule has 0 saturated carbocycles. The molecule has 0 atom stereocenters. The van der Waals surface area contributed by atoms with Crippen molar-refractivity contribution >= 4 is 0 Å². The third-order valence-electron chi connectivity index (χ3n) is 2.77. The Balaban J connectivity index is 2.55. The summed E-state index contributed by atoms with van der Waals surface area (Å²) in [4.78, 5) is 4.45. The highest BCUT2D eigenvalue weighted by Gasteiger charge is 2.08. The van der Waals surface area contributed by atoms with E-state index in [9.17, 15) is 0 Å². The molecular weight excluding hydrogens is 194 g/mol. The van der Waals surface area contributed by atoms with Gasteiger partial charge in [-0.3, -0.25) is 4.98 Å². The third-order valence-corrected chi connectivity index (χ3v) is 2.77. The predicted molar refractivity (Wildman–Crippen MR) is 68.5 cm³/mol. The van der Waals surface area contributed by atoms with Gasteiger partial charge in [-0.15, -0.1) is 0 Å². The highest BCUT2D eigenvalue weighted by molar-refractivity contribution is 5.64. The summed E-state index contributed by atoms with van der Waals surface area (Å²) < 4.78 is 0. The Labute approximate surface area is 97.2 Å². The number of aryl methyl sites for hydroxylation is 1. The number of nitrogens with zero attached hydrogens (tertiary/aromatic N) is 1. The minimum Gasteiger partial charge on any atom is -0.256 e. The zero-order valence-electron chi connectivity index (χ0n) is 10.1.